The molecule has 0 aliphatic carbocycles. The van der Waals surface area contributed by atoms with Gasteiger partial charge in [0.1, 0.15) is 12.4 Å². The average molecular weight is 246 g/mol. The lowest BCUT2D eigenvalue weighted by molar-refractivity contribution is -0.670. The lowest BCUT2D eigenvalue weighted by Gasteiger charge is -1.96. The number of benzene rings is 1. The molecule has 90 valence electrons. The van der Waals surface area contributed by atoms with Crippen LogP contribution in [0, 0.1) is 10.1 Å². The highest BCUT2D eigenvalue weighted by Gasteiger charge is 2.22. The molecule has 1 aromatic carbocycles. The first kappa shape index (κ1) is 10.4. The SMILES string of the molecule is C[n+]1ccn(-c2ccc([N+](=O)[O-])c3nonc23)c1. The molecule has 8 nitrogen and oxygen atoms in total. The molecule has 3 rings (SSSR count). The third-order valence-corrected chi connectivity index (χ3v) is 2.62. The number of hydrogen-bond acceptors (Lipinski definition) is 5. The summed E-state index contributed by atoms with van der Waals surface area (Å²) in [6.45, 7) is 0. The van der Waals surface area contributed by atoms with Crippen molar-refractivity contribution in [2.24, 2.45) is 7.05 Å². The lowest BCUT2D eigenvalue weighted by Crippen LogP contribution is -2.23. The van der Waals surface area contributed by atoms with Crippen LogP contribution in [0.15, 0.2) is 35.5 Å². The molecule has 2 aromatic heterocycles. The smallest absolute Gasteiger partial charge is 0.258 e. The first-order valence-corrected chi connectivity index (χ1v) is 5.10. The second-order valence-corrected chi connectivity index (χ2v) is 3.81. The molecule has 0 unspecified atom stereocenters. The molecule has 0 spiro atoms. The number of nitro groups is 1. The van der Waals surface area contributed by atoms with E-state index in [1.807, 2.05) is 30.3 Å². The van der Waals surface area contributed by atoms with Gasteiger partial charge in [0, 0.05) is 6.07 Å². The standard InChI is InChI=1S/C10H8N5O3/c1-13-4-5-14(6-13)7-2-3-8(15(16)17)10-9(7)11-18-12-10/h2-6H,1H3/q+1. The normalized spacial score (nSPS) is 10.9. The molecule has 2 heterocycles. The van der Waals surface area contributed by atoms with E-state index < -0.39 is 4.92 Å². The number of nitrogens with zero attached hydrogens (tertiary/aromatic N) is 5. The predicted octanol–water partition coefficient (Wildman–Crippen LogP) is 0.746. The van der Waals surface area contributed by atoms with E-state index in [4.69, 9.17) is 0 Å². The van der Waals surface area contributed by atoms with Gasteiger partial charge in [-0.15, -0.1) is 0 Å². The zero-order chi connectivity index (χ0) is 12.7. The van der Waals surface area contributed by atoms with Crippen molar-refractivity contribution >= 4 is 16.7 Å². The Balaban J connectivity index is 2.29. The van der Waals surface area contributed by atoms with Crippen LogP contribution in [0.3, 0.4) is 0 Å². The number of imidazole rings is 1. The van der Waals surface area contributed by atoms with Crippen molar-refractivity contribution < 1.29 is 14.1 Å². The molecule has 0 bridgehead atoms. The Morgan fingerprint density at radius 1 is 1.39 bits per heavy atom. The highest BCUT2D eigenvalue weighted by molar-refractivity contribution is 5.89. The molecule has 18 heavy (non-hydrogen) atoms. The second-order valence-electron chi connectivity index (χ2n) is 3.81. The van der Waals surface area contributed by atoms with Crippen LogP contribution >= 0.6 is 0 Å². The van der Waals surface area contributed by atoms with Crippen LogP contribution in [0.4, 0.5) is 5.69 Å². The van der Waals surface area contributed by atoms with Gasteiger partial charge in [-0.2, -0.15) is 4.57 Å². The highest BCUT2D eigenvalue weighted by Crippen LogP contribution is 2.27. The number of fused-ring (bicyclic) bond motifs is 1. The summed E-state index contributed by atoms with van der Waals surface area (Å²) in [4.78, 5) is 10.3. The van der Waals surface area contributed by atoms with Crippen molar-refractivity contribution in [3.8, 4) is 5.69 Å². The Bertz CT molecular complexity index is 745. The first-order chi connectivity index (χ1) is 8.66. The van der Waals surface area contributed by atoms with E-state index in [0.29, 0.717) is 11.2 Å². The predicted molar refractivity (Wildman–Crippen MR) is 59.0 cm³/mol. The summed E-state index contributed by atoms with van der Waals surface area (Å²) in [6.07, 6.45) is 5.48. The molecule has 0 amide bonds. The number of rotatable bonds is 2. The fourth-order valence-electron chi connectivity index (χ4n) is 1.79. The van der Waals surface area contributed by atoms with Crippen LogP contribution in [-0.4, -0.2) is 19.8 Å². The van der Waals surface area contributed by atoms with Crippen molar-refractivity contribution in [2.75, 3.05) is 0 Å². The Kier molecular flexibility index (Phi) is 2.09. The highest BCUT2D eigenvalue weighted by atomic mass is 16.6. The van der Waals surface area contributed by atoms with E-state index in [2.05, 4.69) is 14.9 Å². The largest absolute Gasteiger partial charge is 0.301 e. The van der Waals surface area contributed by atoms with Gasteiger partial charge in [0.2, 0.25) is 11.8 Å². The van der Waals surface area contributed by atoms with Crippen molar-refractivity contribution in [3.63, 3.8) is 0 Å². The first-order valence-electron chi connectivity index (χ1n) is 5.10. The fourth-order valence-corrected chi connectivity index (χ4v) is 1.79. The molecule has 3 aromatic rings. The maximum absolute atomic E-state index is 10.8. The second kappa shape index (κ2) is 3.62. The van der Waals surface area contributed by atoms with Crippen LogP contribution < -0.4 is 4.57 Å². The molecule has 0 atom stereocenters. The lowest BCUT2D eigenvalue weighted by atomic mass is 10.2. The molecule has 0 saturated carbocycles. The maximum Gasteiger partial charge on any atom is 0.301 e. The van der Waals surface area contributed by atoms with E-state index in [9.17, 15) is 10.1 Å². The molecule has 0 fully saturated rings. The van der Waals surface area contributed by atoms with Gasteiger partial charge in [-0.05, 0) is 16.4 Å². The zero-order valence-electron chi connectivity index (χ0n) is 9.35. The number of nitro benzene ring substituents is 1. The zero-order valence-corrected chi connectivity index (χ0v) is 9.35. The summed E-state index contributed by atoms with van der Waals surface area (Å²) in [5, 5.41) is 18.2. The van der Waals surface area contributed by atoms with Gasteiger partial charge < -0.3 is 0 Å². The van der Waals surface area contributed by atoms with Crippen LogP contribution in [0.5, 0.6) is 0 Å². The van der Waals surface area contributed by atoms with Crippen LogP contribution in [0.1, 0.15) is 0 Å². The van der Waals surface area contributed by atoms with Gasteiger partial charge in [-0.25, -0.2) is 9.20 Å². The summed E-state index contributed by atoms with van der Waals surface area (Å²) < 4.78 is 8.24. The number of aryl methyl sites for hydroxylation is 1. The summed E-state index contributed by atoms with van der Waals surface area (Å²) in [5.74, 6) is 0. The summed E-state index contributed by atoms with van der Waals surface area (Å²) in [7, 11) is 1.88. The topological polar surface area (TPSA) is 90.9 Å². The average Bonchev–Trinajstić information content (AvgIpc) is 2.95. The third kappa shape index (κ3) is 1.43. The quantitative estimate of drug-likeness (QED) is 0.378. The van der Waals surface area contributed by atoms with Crippen molar-refractivity contribution in [1.82, 2.24) is 14.9 Å². The molecular weight excluding hydrogens is 238 g/mol. The third-order valence-electron chi connectivity index (χ3n) is 2.62. The van der Waals surface area contributed by atoms with Gasteiger partial charge in [0.05, 0.1) is 12.0 Å². The van der Waals surface area contributed by atoms with E-state index in [-0.39, 0.29) is 11.2 Å². The van der Waals surface area contributed by atoms with Gasteiger partial charge in [0.25, 0.3) is 0 Å². The van der Waals surface area contributed by atoms with Crippen molar-refractivity contribution in [2.45, 2.75) is 0 Å². The Labute approximate surface area is 100 Å². The van der Waals surface area contributed by atoms with Gasteiger partial charge in [0.15, 0.2) is 11.2 Å². The minimum Gasteiger partial charge on any atom is -0.258 e. The van der Waals surface area contributed by atoms with Crippen molar-refractivity contribution in [1.29, 1.82) is 0 Å². The number of aromatic nitrogens is 4. The molecule has 0 aliphatic heterocycles. The summed E-state index contributed by atoms with van der Waals surface area (Å²) in [5.41, 5.74) is 1.07. The van der Waals surface area contributed by atoms with E-state index in [1.54, 1.807) is 10.6 Å². The molecule has 8 heteroatoms. The Morgan fingerprint density at radius 2 is 2.17 bits per heavy atom. The van der Waals surface area contributed by atoms with Gasteiger partial charge >= 0.3 is 5.69 Å². The number of non-ortho nitro benzene ring substituents is 1. The minimum atomic E-state index is -0.508. The molecular formula is C10H8N5O3+. The fraction of sp³-hybridized carbons (Fsp3) is 0.100. The molecule has 0 saturated heterocycles. The number of hydrogen-bond donors (Lipinski definition) is 0. The van der Waals surface area contributed by atoms with Crippen LogP contribution in [-0.2, 0) is 7.05 Å². The van der Waals surface area contributed by atoms with Gasteiger partial charge in [-0.3, -0.25) is 10.1 Å². The van der Waals surface area contributed by atoms with Crippen LogP contribution in [0.2, 0.25) is 0 Å². The van der Waals surface area contributed by atoms with Crippen LogP contribution in [0.25, 0.3) is 16.7 Å². The van der Waals surface area contributed by atoms with E-state index >= 15 is 0 Å². The summed E-state index contributed by atoms with van der Waals surface area (Å²) in [6, 6.07) is 3.01. The monoisotopic (exact) mass is 246 g/mol. The Hall–Kier alpha value is -2.77. The molecule has 0 radical (unpaired) electrons. The minimum absolute atomic E-state index is 0.119. The Morgan fingerprint density at radius 3 is 2.83 bits per heavy atom. The van der Waals surface area contributed by atoms with Gasteiger partial charge in [-0.1, -0.05) is 0 Å². The summed E-state index contributed by atoms with van der Waals surface area (Å²) >= 11 is 0. The maximum atomic E-state index is 10.8. The molecule has 0 aliphatic rings. The van der Waals surface area contributed by atoms with E-state index in [0.717, 1.165) is 0 Å². The molecule has 0 N–H and O–H groups in total. The van der Waals surface area contributed by atoms with Crippen molar-refractivity contribution in [3.05, 3.63) is 41.0 Å². The van der Waals surface area contributed by atoms with E-state index in [1.165, 1.54) is 6.07 Å².